The largest absolute Gasteiger partial charge is 0.507 e. The standard InChI is InChI=1S/C60H48N3O.Pt/c1-39-24-29-55(52(32-39)45-20-13-8-14-21-45)63-56-23-15-22-51(57(56)62-59(63)53-38-50(60(3,4)5)33-40(2)58(53)64)48-34-47(42-18-11-7-12-19-42)35-49(36-48)54-37-46(30-31-61-54)44-27-25-43(26-28-44)41-16-9-6-10-17-41;/h6-35,37-38,64H,1-5H3;/q-1;/i1D3;. The van der Waals surface area contributed by atoms with E-state index in [9.17, 15) is 5.11 Å². The van der Waals surface area contributed by atoms with Crippen LogP contribution in [-0.4, -0.2) is 19.6 Å². The van der Waals surface area contributed by atoms with Gasteiger partial charge in [0.2, 0.25) is 0 Å². The zero-order valence-electron chi connectivity index (χ0n) is 39.6. The zero-order chi connectivity index (χ0) is 46.5. The van der Waals surface area contributed by atoms with Gasteiger partial charge in [-0.2, -0.15) is 0 Å². The van der Waals surface area contributed by atoms with Gasteiger partial charge in [-0.05, 0) is 94.0 Å². The minimum atomic E-state index is -2.33. The molecular formula is C60H48N3OPt-. The summed E-state index contributed by atoms with van der Waals surface area (Å²) < 4.78 is 27.2. The summed E-state index contributed by atoms with van der Waals surface area (Å²) in [5, 5.41) is 12.0. The van der Waals surface area contributed by atoms with Crippen LogP contribution >= 0.6 is 0 Å². The summed E-state index contributed by atoms with van der Waals surface area (Å²) in [5.41, 5.74) is 15.9. The molecule has 0 spiro atoms. The van der Waals surface area contributed by atoms with Crippen molar-refractivity contribution in [1.29, 1.82) is 0 Å². The van der Waals surface area contributed by atoms with Crippen LogP contribution < -0.4 is 0 Å². The van der Waals surface area contributed by atoms with Crippen molar-refractivity contribution in [2.24, 2.45) is 0 Å². The van der Waals surface area contributed by atoms with Gasteiger partial charge in [0.15, 0.2) is 0 Å². The van der Waals surface area contributed by atoms with Crippen molar-refractivity contribution < 1.29 is 30.3 Å². The van der Waals surface area contributed by atoms with Crippen molar-refractivity contribution in [1.82, 2.24) is 14.5 Å². The first-order chi connectivity index (χ1) is 32.3. The fourth-order valence-electron chi connectivity index (χ4n) is 8.60. The second kappa shape index (κ2) is 17.8. The molecule has 10 rings (SSSR count). The molecule has 0 radical (unpaired) electrons. The summed E-state index contributed by atoms with van der Waals surface area (Å²) >= 11 is 0. The summed E-state index contributed by atoms with van der Waals surface area (Å²) in [6.07, 6.45) is 1.86. The average molecular weight is 1030 g/mol. The van der Waals surface area contributed by atoms with Crippen LogP contribution in [0.1, 0.15) is 41.6 Å². The maximum atomic E-state index is 12.0. The number of nitrogens with zero attached hydrogens (tertiary/aromatic N) is 3. The van der Waals surface area contributed by atoms with E-state index in [0.29, 0.717) is 16.9 Å². The molecule has 0 aliphatic rings. The second-order valence-corrected chi connectivity index (χ2v) is 17.4. The van der Waals surface area contributed by atoms with E-state index in [2.05, 4.69) is 116 Å². The van der Waals surface area contributed by atoms with E-state index in [1.165, 1.54) is 5.56 Å². The summed E-state index contributed by atoms with van der Waals surface area (Å²) in [7, 11) is 0. The third-order valence-corrected chi connectivity index (χ3v) is 12.0. The summed E-state index contributed by atoms with van der Waals surface area (Å²) in [6.45, 7) is 6.06. The van der Waals surface area contributed by atoms with Gasteiger partial charge in [0.05, 0.1) is 22.3 Å². The fourth-order valence-corrected chi connectivity index (χ4v) is 8.60. The van der Waals surface area contributed by atoms with Gasteiger partial charge >= 0.3 is 0 Å². The molecule has 0 aliphatic heterocycles. The summed E-state index contributed by atoms with van der Waals surface area (Å²) in [6, 6.07) is 66.9. The number of rotatable bonds is 8. The van der Waals surface area contributed by atoms with Gasteiger partial charge in [-0.15, -0.1) is 23.8 Å². The Morgan fingerprint density at radius 1 is 0.554 bits per heavy atom. The van der Waals surface area contributed by atoms with Crippen molar-refractivity contribution in [3.05, 3.63) is 217 Å². The van der Waals surface area contributed by atoms with Crippen LogP contribution in [0.3, 0.4) is 0 Å². The topological polar surface area (TPSA) is 50.9 Å². The maximum absolute atomic E-state index is 12.0. The van der Waals surface area contributed by atoms with Crippen molar-refractivity contribution in [2.45, 2.75) is 40.0 Å². The fraction of sp³-hybridized carbons (Fsp3) is 0.100. The zero-order valence-corrected chi connectivity index (χ0v) is 38.9. The average Bonchev–Trinajstić information content (AvgIpc) is 3.74. The van der Waals surface area contributed by atoms with E-state index in [1.54, 1.807) is 12.1 Å². The number of benzene rings is 8. The summed E-state index contributed by atoms with van der Waals surface area (Å²) in [4.78, 5) is 10.4. The van der Waals surface area contributed by atoms with Crippen LogP contribution in [0.4, 0.5) is 0 Å². The molecular weight excluding hydrogens is 974 g/mol. The molecule has 4 nitrogen and oxygen atoms in total. The van der Waals surface area contributed by atoms with Crippen molar-refractivity contribution in [3.8, 4) is 89.7 Å². The normalized spacial score (nSPS) is 12.3. The quantitative estimate of drug-likeness (QED) is 0.154. The van der Waals surface area contributed by atoms with Gasteiger partial charge in [-0.3, -0.25) is 9.55 Å². The number of aromatic hydroxyl groups is 1. The molecule has 0 amide bonds. The van der Waals surface area contributed by atoms with E-state index in [4.69, 9.17) is 14.1 Å². The Bertz CT molecular complexity index is 3430. The molecule has 1 N–H and O–H groups in total. The van der Waals surface area contributed by atoms with Crippen LogP contribution in [0.5, 0.6) is 5.75 Å². The number of hydrogen-bond donors (Lipinski definition) is 1. The van der Waals surface area contributed by atoms with Crippen molar-refractivity contribution in [3.63, 3.8) is 0 Å². The van der Waals surface area contributed by atoms with Gasteiger partial charge in [-0.1, -0.05) is 189 Å². The first-order valence-corrected chi connectivity index (χ1v) is 21.6. The van der Waals surface area contributed by atoms with Gasteiger partial charge in [0, 0.05) is 42.6 Å². The predicted octanol–water partition coefficient (Wildman–Crippen LogP) is 15.5. The van der Waals surface area contributed by atoms with Crippen molar-refractivity contribution in [2.75, 3.05) is 0 Å². The minimum absolute atomic E-state index is 0. The number of aryl methyl sites for hydroxylation is 2. The van der Waals surface area contributed by atoms with Crippen LogP contribution in [-0.2, 0) is 26.5 Å². The first-order valence-electron chi connectivity index (χ1n) is 23.1. The number of phenolic OH excluding ortho intramolecular Hbond substituents is 1. The van der Waals surface area contributed by atoms with Gasteiger partial charge in [0.25, 0.3) is 0 Å². The molecule has 0 fully saturated rings. The molecule has 0 saturated heterocycles. The van der Waals surface area contributed by atoms with Crippen LogP contribution in [0.15, 0.2) is 194 Å². The Morgan fingerprint density at radius 3 is 1.83 bits per heavy atom. The van der Waals surface area contributed by atoms with Crippen LogP contribution in [0.25, 0.3) is 95.0 Å². The predicted molar refractivity (Wildman–Crippen MR) is 266 cm³/mol. The second-order valence-electron chi connectivity index (χ2n) is 17.4. The third-order valence-electron chi connectivity index (χ3n) is 12.0. The number of pyridine rings is 1. The monoisotopic (exact) mass is 1020 g/mol. The number of imidazole rings is 1. The molecule has 0 bridgehead atoms. The Morgan fingerprint density at radius 2 is 1.17 bits per heavy atom. The number of fused-ring (bicyclic) bond motifs is 1. The molecule has 5 heteroatoms. The molecule has 0 saturated carbocycles. The van der Waals surface area contributed by atoms with E-state index in [0.717, 1.165) is 83.7 Å². The van der Waals surface area contributed by atoms with Gasteiger partial charge in [-0.25, -0.2) is 4.98 Å². The van der Waals surface area contributed by atoms with Gasteiger partial charge in [0.1, 0.15) is 11.6 Å². The van der Waals surface area contributed by atoms with E-state index < -0.39 is 6.85 Å². The number of hydrogen-bond acceptors (Lipinski definition) is 3. The van der Waals surface area contributed by atoms with Crippen LogP contribution in [0.2, 0.25) is 0 Å². The van der Waals surface area contributed by atoms with Crippen molar-refractivity contribution >= 4 is 11.0 Å². The Kier molecular flexibility index (Phi) is 10.8. The molecule has 0 aliphatic carbocycles. The number of phenols is 1. The minimum Gasteiger partial charge on any atom is -0.507 e. The molecule has 2 aromatic heterocycles. The number of para-hydroxylation sites is 1. The Balaban J connectivity index is 0.00000578. The molecule has 0 unspecified atom stereocenters. The maximum Gasteiger partial charge on any atom is 0.148 e. The SMILES string of the molecule is [2H]C([2H])([2H])c1ccc(-n2c(-c3cc(C(C)(C)C)cc(C)c3O)nc3c(-c4[c-]c(-c5cc(-c6ccc(-c7ccccc7)cc6)ccn5)cc(-c5ccccc5)c4)cccc32)c(-c2ccccc2)c1.[Pt]. The molecule has 8 aromatic carbocycles. The summed E-state index contributed by atoms with van der Waals surface area (Å²) in [5.74, 6) is 0.659. The third kappa shape index (κ3) is 8.51. The van der Waals surface area contributed by atoms with E-state index >= 15 is 0 Å². The molecule has 0 atom stereocenters. The molecule has 65 heavy (non-hydrogen) atoms. The molecule has 10 aromatic rings. The van der Waals surface area contributed by atoms with E-state index in [-0.39, 0.29) is 37.8 Å². The Labute approximate surface area is 400 Å². The Hall–Kier alpha value is -7.13. The van der Waals surface area contributed by atoms with Gasteiger partial charge < -0.3 is 5.11 Å². The molecule has 320 valence electrons. The first kappa shape index (κ1) is 39.5. The van der Waals surface area contributed by atoms with Crippen LogP contribution in [0, 0.1) is 19.8 Å². The van der Waals surface area contributed by atoms with E-state index in [1.807, 2.05) is 104 Å². The number of aromatic nitrogens is 3. The molecule has 2 heterocycles. The smallest absolute Gasteiger partial charge is 0.148 e.